The highest BCUT2D eigenvalue weighted by atomic mass is 15.5. The second-order valence-corrected chi connectivity index (χ2v) is 3.16. The van der Waals surface area contributed by atoms with Crippen LogP contribution in [0.15, 0.2) is 5.10 Å². The van der Waals surface area contributed by atoms with Gasteiger partial charge in [-0.25, -0.2) is 0 Å². The molecule has 0 bridgehead atoms. The van der Waals surface area contributed by atoms with Crippen LogP contribution in [0.2, 0.25) is 0 Å². The van der Waals surface area contributed by atoms with E-state index in [1.807, 2.05) is 0 Å². The van der Waals surface area contributed by atoms with Gasteiger partial charge in [0.15, 0.2) is 0 Å². The summed E-state index contributed by atoms with van der Waals surface area (Å²) in [5.74, 6) is 0.786. The van der Waals surface area contributed by atoms with Crippen molar-refractivity contribution in [1.29, 1.82) is 0 Å². The van der Waals surface area contributed by atoms with Gasteiger partial charge in [-0.1, -0.05) is 13.3 Å². The molecule has 0 aromatic rings. The maximum Gasteiger partial charge on any atom is 0.121 e. The lowest BCUT2D eigenvalue weighted by atomic mass is 10.2. The zero-order chi connectivity index (χ0) is 8.27. The summed E-state index contributed by atoms with van der Waals surface area (Å²) in [5, 5.41) is 6.33. The van der Waals surface area contributed by atoms with Crippen molar-refractivity contribution in [2.45, 2.75) is 39.2 Å². The average molecular weight is 155 g/mol. The molecule has 1 aliphatic heterocycles. The first kappa shape index (κ1) is 8.37. The van der Waals surface area contributed by atoms with E-state index in [0.29, 0.717) is 6.04 Å². The highest BCUT2D eigenvalue weighted by molar-refractivity contribution is 5.81. The molecule has 64 valence electrons. The second kappa shape index (κ2) is 3.60. The molecule has 0 radical (unpaired) electrons. The largest absolute Gasteiger partial charge is 0.386 e. The molecule has 1 aliphatic rings. The van der Waals surface area contributed by atoms with Gasteiger partial charge < -0.3 is 5.73 Å². The Morgan fingerprint density at radius 3 is 2.91 bits per heavy atom. The van der Waals surface area contributed by atoms with Crippen LogP contribution in [0, 0.1) is 0 Å². The van der Waals surface area contributed by atoms with Crippen molar-refractivity contribution in [2.75, 3.05) is 6.54 Å². The molecule has 3 nitrogen and oxygen atoms in total. The summed E-state index contributed by atoms with van der Waals surface area (Å²) in [4.78, 5) is 0. The lowest BCUT2D eigenvalue weighted by Gasteiger charge is -2.18. The van der Waals surface area contributed by atoms with Gasteiger partial charge in [-0.2, -0.15) is 5.10 Å². The lowest BCUT2D eigenvalue weighted by Crippen LogP contribution is -2.24. The molecule has 1 atom stereocenters. The normalized spacial score (nSPS) is 24.0. The van der Waals surface area contributed by atoms with Gasteiger partial charge in [0.1, 0.15) is 5.84 Å². The molecule has 2 N–H and O–H groups in total. The third-order valence-electron chi connectivity index (χ3n) is 2.01. The van der Waals surface area contributed by atoms with Gasteiger partial charge in [-0.15, -0.1) is 0 Å². The molecule has 11 heavy (non-hydrogen) atoms. The van der Waals surface area contributed by atoms with Gasteiger partial charge in [-0.3, -0.25) is 5.01 Å². The number of nitrogens with two attached hydrogens (primary N) is 1. The second-order valence-electron chi connectivity index (χ2n) is 3.16. The first-order chi connectivity index (χ1) is 5.24. The molecular weight excluding hydrogens is 138 g/mol. The topological polar surface area (TPSA) is 41.6 Å². The van der Waals surface area contributed by atoms with Crippen molar-refractivity contribution >= 4 is 5.84 Å². The van der Waals surface area contributed by atoms with Gasteiger partial charge in [0.05, 0.1) is 6.04 Å². The van der Waals surface area contributed by atoms with Crippen LogP contribution in [-0.2, 0) is 0 Å². The minimum Gasteiger partial charge on any atom is -0.386 e. The smallest absolute Gasteiger partial charge is 0.121 e. The van der Waals surface area contributed by atoms with E-state index in [9.17, 15) is 0 Å². The van der Waals surface area contributed by atoms with E-state index < -0.39 is 0 Å². The third-order valence-corrected chi connectivity index (χ3v) is 2.01. The molecule has 1 unspecified atom stereocenters. The van der Waals surface area contributed by atoms with Crippen molar-refractivity contribution < 1.29 is 0 Å². The van der Waals surface area contributed by atoms with Crippen LogP contribution in [-0.4, -0.2) is 23.4 Å². The number of unbranched alkanes of at least 4 members (excludes halogenated alkanes) is 1. The lowest BCUT2D eigenvalue weighted by molar-refractivity contribution is 0.241. The minimum atomic E-state index is 0.515. The van der Waals surface area contributed by atoms with Crippen molar-refractivity contribution in [3.8, 4) is 0 Å². The minimum absolute atomic E-state index is 0.515. The Morgan fingerprint density at radius 2 is 2.45 bits per heavy atom. The summed E-state index contributed by atoms with van der Waals surface area (Å²) in [5.41, 5.74) is 5.60. The molecule has 0 spiro atoms. The Hall–Kier alpha value is -0.730. The summed E-state index contributed by atoms with van der Waals surface area (Å²) in [6, 6.07) is 0.515. The highest BCUT2D eigenvalue weighted by Crippen LogP contribution is 2.12. The maximum atomic E-state index is 5.60. The van der Waals surface area contributed by atoms with Crippen LogP contribution in [0.1, 0.15) is 33.1 Å². The summed E-state index contributed by atoms with van der Waals surface area (Å²) in [6.45, 7) is 5.41. The molecule has 0 fully saturated rings. The predicted octanol–water partition coefficient (Wildman–Crippen LogP) is 1.15. The molecule has 0 aromatic carbocycles. The first-order valence-corrected chi connectivity index (χ1v) is 4.33. The SMILES string of the molecule is CCCCN1N=C(N)CC1C. The molecule has 1 heterocycles. The Bertz CT molecular complexity index is 153. The fraction of sp³-hybridized carbons (Fsp3) is 0.875. The standard InChI is InChI=1S/C8H17N3/c1-3-4-5-11-7(2)6-8(9)10-11/h7H,3-6H2,1-2H3,(H2,9,10). The molecule has 0 aromatic heterocycles. The van der Waals surface area contributed by atoms with E-state index in [1.165, 1.54) is 12.8 Å². The van der Waals surface area contributed by atoms with Crippen LogP contribution in [0.5, 0.6) is 0 Å². The number of amidine groups is 1. The molecule has 0 saturated carbocycles. The van der Waals surface area contributed by atoms with E-state index >= 15 is 0 Å². The predicted molar refractivity (Wildman–Crippen MR) is 47.3 cm³/mol. The number of rotatable bonds is 3. The van der Waals surface area contributed by atoms with Gasteiger partial charge in [0, 0.05) is 13.0 Å². The number of hydrazone groups is 1. The fourth-order valence-electron chi connectivity index (χ4n) is 1.30. The Kier molecular flexibility index (Phi) is 2.74. The van der Waals surface area contributed by atoms with E-state index in [4.69, 9.17) is 5.73 Å². The third kappa shape index (κ3) is 2.10. The molecule has 1 rings (SSSR count). The number of hydrogen-bond acceptors (Lipinski definition) is 3. The van der Waals surface area contributed by atoms with Crippen LogP contribution >= 0.6 is 0 Å². The zero-order valence-corrected chi connectivity index (χ0v) is 7.38. The van der Waals surface area contributed by atoms with Crippen LogP contribution < -0.4 is 5.73 Å². The van der Waals surface area contributed by atoms with Gasteiger partial charge in [-0.05, 0) is 13.3 Å². The van der Waals surface area contributed by atoms with Crippen LogP contribution in [0.4, 0.5) is 0 Å². The molecule has 3 heteroatoms. The van der Waals surface area contributed by atoms with E-state index in [2.05, 4.69) is 24.0 Å². The van der Waals surface area contributed by atoms with Crippen molar-refractivity contribution in [2.24, 2.45) is 10.8 Å². The summed E-state index contributed by atoms with van der Waals surface area (Å²) in [7, 11) is 0. The van der Waals surface area contributed by atoms with E-state index in [-0.39, 0.29) is 0 Å². The average Bonchev–Trinajstić information content (AvgIpc) is 2.26. The summed E-state index contributed by atoms with van der Waals surface area (Å²) >= 11 is 0. The maximum absolute atomic E-state index is 5.60. The number of nitrogens with zero attached hydrogens (tertiary/aromatic N) is 2. The Labute approximate surface area is 68.3 Å². The van der Waals surface area contributed by atoms with Crippen molar-refractivity contribution in [3.63, 3.8) is 0 Å². The quantitative estimate of drug-likeness (QED) is 0.664. The molecule has 0 amide bonds. The van der Waals surface area contributed by atoms with Crippen LogP contribution in [0.25, 0.3) is 0 Å². The van der Waals surface area contributed by atoms with Crippen molar-refractivity contribution in [1.82, 2.24) is 5.01 Å². The van der Waals surface area contributed by atoms with Gasteiger partial charge in [0.25, 0.3) is 0 Å². The summed E-state index contributed by atoms with van der Waals surface area (Å²) in [6.07, 6.45) is 3.36. The molecule has 0 saturated heterocycles. The first-order valence-electron chi connectivity index (χ1n) is 4.33. The summed E-state index contributed by atoms with van der Waals surface area (Å²) < 4.78 is 0. The van der Waals surface area contributed by atoms with E-state index in [0.717, 1.165) is 18.8 Å². The Morgan fingerprint density at radius 1 is 1.73 bits per heavy atom. The van der Waals surface area contributed by atoms with E-state index in [1.54, 1.807) is 0 Å². The van der Waals surface area contributed by atoms with Gasteiger partial charge in [0.2, 0.25) is 0 Å². The van der Waals surface area contributed by atoms with Crippen LogP contribution in [0.3, 0.4) is 0 Å². The molecular formula is C8H17N3. The zero-order valence-electron chi connectivity index (χ0n) is 7.38. The fourth-order valence-corrected chi connectivity index (χ4v) is 1.30. The monoisotopic (exact) mass is 155 g/mol. The molecule has 0 aliphatic carbocycles. The van der Waals surface area contributed by atoms with Gasteiger partial charge >= 0.3 is 0 Å². The van der Waals surface area contributed by atoms with Crippen molar-refractivity contribution in [3.05, 3.63) is 0 Å². The highest BCUT2D eigenvalue weighted by Gasteiger charge is 2.19. The number of hydrogen-bond donors (Lipinski definition) is 1. The Balaban J connectivity index is 2.33.